The number of likely N-dealkylation sites (tertiary alicyclic amines) is 1. The van der Waals surface area contributed by atoms with Crippen LogP contribution in [-0.4, -0.2) is 46.4 Å². The number of halogens is 1. The molecular formula is C11H13FN2O3. The summed E-state index contributed by atoms with van der Waals surface area (Å²) < 4.78 is 13.3. The molecule has 2 amide bonds. The molecule has 2 atom stereocenters. The molecule has 1 heterocycles. The van der Waals surface area contributed by atoms with Crippen LogP contribution in [0.15, 0.2) is 24.3 Å². The number of carbonyl (C=O) groups excluding carboxylic acids is 1. The van der Waals surface area contributed by atoms with E-state index in [2.05, 4.69) is 5.32 Å². The summed E-state index contributed by atoms with van der Waals surface area (Å²) in [5, 5.41) is 21.0. The van der Waals surface area contributed by atoms with E-state index in [1.165, 1.54) is 23.1 Å². The minimum absolute atomic E-state index is 0.0431. The van der Waals surface area contributed by atoms with E-state index in [-0.39, 0.29) is 18.8 Å². The lowest BCUT2D eigenvalue weighted by molar-refractivity contribution is 0.0572. The molecule has 2 rings (SSSR count). The average Bonchev–Trinajstić information content (AvgIpc) is 2.63. The Balaban J connectivity index is 2.01. The van der Waals surface area contributed by atoms with Gasteiger partial charge >= 0.3 is 6.03 Å². The first kappa shape index (κ1) is 11.8. The molecule has 0 saturated carbocycles. The van der Waals surface area contributed by atoms with Gasteiger partial charge in [0.15, 0.2) is 0 Å². The Kier molecular flexibility index (Phi) is 3.26. The van der Waals surface area contributed by atoms with Gasteiger partial charge in [-0.2, -0.15) is 0 Å². The molecule has 17 heavy (non-hydrogen) atoms. The standard InChI is InChI=1S/C11H13FN2O3/c12-7-3-1-2-4-8(7)13-11(17)14-5-9(15)10(16)6-14/h1-4,9-10,15-16H,5-6H2,(H,13,17). The number of hydrogen-bond acceptors (Lipinski definition) is 3. The fraction of sp³-hybridized carbons (Fsp3) is 0.364. The number of anilines is 1. The fourth-order valence-electron chi connectivity index (χ4n) is 1.69. The predicted octanol–water partition coefficient (Wildman–Crippen LogP) is 0.395. The number of hydrogen-bond donors (Lipinski definition) is 3. The number of benzene rings is 1. The second kappa shape index (κ2) is 4.68. The van der Waals surface area contributed by atoms with Crippen LogP contribution < -0.4 is 5.32 Å². The third-order valence-corrected chi connectivity index (χ3v) is 2.66. The van der Waals surface area contributed by atoms with Crippen LogP contribution >= 0.6 is 0 Å². The topological polar surface area (TPSA) is 72.8 Å². The molecule has 6 heteroatoms. The molecule has 0 aliphatic carbocycles. The number of rotatable bonds is 1. The maximum atomic E-state index is 13.3. The predicted molar refractivity (Wildman–Crippen MR) is 59.0 cm³/mol. The molecule has 0 aromatic heterocycles. The lowest BCUT2D eigenvalue weighted by atomic mass is 10.3. The van der Waals surface area contributed by atoms with Crippen molar-refractivity contribution in [2.45, 2.75) is 12.2 Å². The summed E-state index contributed by atoms with van der Waals surface area (Å²) in [4.78, 5) is 12.9. The largest absolute Gasteiger partial charge is 0.388 e. The van der Waals surface area contributed by atoms with Crippen molar-refractivity contribution in [1.29, 1.82) is 0 Å². The number of nitrogens with zero attached hydrogens (tertiary/aromatic N) is 1. The first-order valence-corrected chi connectivity index (χ1v) is 5.24. The molecule has 1 aliphatic rings. The highest BCUT2D eigenvalue weighted by atomic mass is 19.1. The molecule has 1 aromatic carbocycles. The van der Waals surface area contributed by atoms with Crippen molar-refractivity contribution in [3.8, 4) is 0 Å². The van der Waals surface area contributed by atoms with Crippen molar-refractivity contribution in [2.75, 3.05) is 18.4 Å². The highest BCUT2D eigenvalue weighted by Gasteiger charge is 2.32. The maximum Gasteiger partial charge on any atom is 0.322 e. The van der Waals surface area contributed by atoms with Crippen LogP contribution in [0.25, 0.3) is 0 Å². The first-order valence-electron chi connectivity index (χ1n) is 5.24. The van der Waals surface area contributed by atoms with Crippen LogP contribution in [0.3, 0.4) is 0 Å². The summed E-state index contributed by atoms with van der Waals surface area (Å²) in [5.41, 5.74) is 0.0772. The smallest absolute Gasteiger partial charge is 0.322 e. The number of carbonyl (C=O) groups is 1. The lowest BCUT2D eigenvalue weighted by Gasteiger charge is -2.16. The zero-order valence-corrected chi connectivity index (χ0v) is 9.01. The molecule has 5 nitrogen and oxygen atoms in total. The fourth-order valence-corrected chi connectivity index (χ4v) is 1.69. The molecule has 2 unspecified atom stereocenters. The number of urea groups is 1. The number of aliphatic hydroxyl groups excluding tert-OH is 2. The maximum absolute atomic E-state index is 13.3. The van der Waals surface area contributed by atoms with Crippen molar-refractivity contribution in [1.82, 2.24) is 4.90 Å². The quantitative estimate of drug-likeness (QED) is 0.665. The van der Waals surface area contributed by atoms with Crippen molar-refractivity contribution in [2.24, 2.45) is 0 Å². The first-order chi connectivity index (χ1) is 8.08. The Morgan fingerprint density at radius 3 is 2.47 bits per heavy atom. The molecule has 1 fully saturated rings. The Morgan fingerprint density at radius 2 is 1.88 bits per heavy atom. The summed E-state index contributed by atoms with van der Waals surface area (Å²) in [5.74, 6) is -0.527. The molecule has 92 valence electrons. The van der Waals surface area contributed by atoms with E-state index in [0.717, 1.165) is 0 Å². The second-order valence-corrected chi connectivity index (χ2v) is 3.95. The van der Waals surface area contributed by atoms with Crippen LogP contribution in [0.5, 0.6) is 0 Å². The Morgan fingerprint density at radius 1 is 1.29 bits per heavy atom. The van der Waals surface area contributed by atoms with E-state index in [0.29, 0.717) is 0 Å². The van der Waals surface area contributed by atoms with Crippen LogP contribution in [0.4, 0.5) is 14.9 Å². The Labute approximate surface area is 97.5 Å². The van der Waals surface area contributed by atoms with Crippen molar-refractivity contribution < 1.29 is 19.4 Å². The zero-order valence-electron chi connectivity index (χ0n) is 9.01. The van der Waals surface area contributed by atoms with Crippen molar-refractivity contribution in [3.05, 3.63) is 30.1 Å². The van der Waals surface area contributed by atoms with Gasteiger partial charge in [0.2, 0.25) is 0 Å². The van der Waals surface area contributed by atoms with Gasteiger partial charge in [0.05, 0.1) is 31.0 Å². The van der Waals surface area contributed by atoms with Crippen LogP contribution in [0, 0.1) is 5.82 Å². The Hall–Kier alpha value is -1.66. The van der Waals surface area contributed by atoms with Crippen molar-refractivity contribution >= 4 is 11.7 Å². The summed E-state index contributed by atoms with van der Waals surface area (Å²) in [6, 6.07) is 5.27. The third-order valence-electron chi connectivity index (χ3n) is 2.66. The van der Waals surface area contributed by atoms with Gasteiger partial charge in [-0.3, -0.25) is 0 Å². The molecule has 1 aliphatic heterocycles. The molecule has 0 radical (unpaired) electrons. The molecular weight excluding hydrogens is 227 g/mol. The van der Waals surface area contributed by atoms with Crippen molar-refractivity contribution in [3.63, 3.8) is 0 Å². The van der Waals surface area contributed by atoms with Gasteiger partial charge in [-0.25, -0.2) is 9.18 Å². The number of amides is 2. The summed E-state index contributed by atoms with van der Waals surface area (Å²) in [6.07, 6.45) is -1.89. The average molecular weight is 240 g/mol. The minimum atomic E-state index is -0.943. The second-order valence-electron chi connectivity index (χ2n) is 3.95. The van der Waals surface area contributed by atoms with E-state index in [1.54, 1.807) is 6.07 Å². The van der Waals surface area contributed by atoms with Gasteiger partial charge < -0.3 is 20.4 Å². The molecule has 0 bridgehead atoms. The van der Waals surface area contributed by atoms with Gasteiger partial charge in [0.1, 0.15) is 5.82 Å². The number of nitrogens with one attached hydrogen (secondary N) is 1. The zero-order chi connectivity index (χ0) is 12.4. The monoisotopic (exact) mass is 240 g/mol. The van der Waals surface area contributed by atoms with E-state index in [9.17, 15) is 19.4 Å². The van der Waals surface area contributed by atoms with Gasteiger partial charge in [0.25, 0.3) is 0 Å². The normalized spacial score (nSPS) is 23.8. The van der Waals surface area contributed by atoms with Crippen LogP contribution in [0.2, 0.25) is 0 Å². The number of para-hydroxylation sites is 1. The Bertz CT molecular complexity index is 417. The van der Waals surface area contributed by atoms with Gasteiger partial charge in [-0.15, -0.1) is 0 Å². The van der Waals surface area contributed by atoms with E-state index < -0.39 is 24.1 Å². The molecule has 3 N–H and O–H groups in total. The van der Waals surface area contributed by atoms with Gasteiger partial charge in [-0.1, -0.05) is 12.1 Å². The summed E-state index contributed by atoms with van der Waals surface area (Å²) in [6.45, 7) is 0.0862. The lowest BCUT2D eigenvalue weighted by Crippen LogP contribution is -2.34. The van der Waals surface area contributed by atoms with Crippen LogP contribution in [0.1, 0.15) is 0 Å². The molecule has 0 spiro atoms. The minimum Gasteiger partial charge on any atom is -0.388 e. The molecule has 1 aromatic rings. The van der Waals surface area contributed by atoms with Gasteiger partial charge in [-0.05, 0) is 12.1 Å². The van der Waals surface area contributed by atoms with E-state index >= 15 is 0 Å². The third kappa shape index (κ3) is 2.54. The molecule has 1 saturated heterocycles. The summed E-state index contributed by atoms with van der Waals surface area (Å²) >= 11 is 0. The summed E-state index contributed by atoms with van der Waals surface area (Å²) in [7, 11) is 0. The number of aliphatic hydroxyl groups is 2. The van der Waals surface area contributed by atoms with E-state index in [4.69, 9.17) is 0 Å². The van der Waals surface area contributed by atoms with E-state index in [1.807, 2.05) is 0 Å². The SMILES string of the molecule is O=C(Nc1ccccc1F)N1CC(O)C(O)C1. The number of β-amino-alcohol motifs (C(OH)–C–C–N with tert-alkyl or cyclic N) is 2. The highest BCUT2D eigenvalue weighted by molar-refractivity contribution is 5.89. The van der Waals surface area contributed by atoms with Gasteiger partial charge in [0, 0.05) is 0 Å². The van der Waals surface area contributed by atoms with Crippen LogP contribution in [-0.2, 0) is 0 Å². The highest BCUT2D eigenvalue weighted by Crippen LogP contribution is 2.15.